The zero-order valence-electron chi connectivity index (χ0n) is 17.3. The Hall–Kier alpha value is -4.31. The third-order valence-electron chi connectivity index (χ3n) is 4.90. The number of aromatic amines is 1. The number of nitro benzene ring substituents is 1. The van der Waals surface area contributed by atoms with Crippen molar-refractivity contribution in [3.63, 3.8) is 0 Å². The average Bonchev–Trinajstić information content (AvgIpc) is 2.79. The number of hydrogen-bond donors (Lipinski definition) is 2. The first-order chi connectivity index (χ1) is 15.7. The number of benzene rings is 3. The first-order valence-electron chi connectivity index (χ1n) is 9.77. The van der Waals surface area contributed by atoms with Gasteiger partial charge in [0.05, 0.1) is 21.2 Å². The lowest BCUT2D eigenvalue weighted by atomic mass is 10.1. The van der Waals surface area contributed by atoms with Gasteiger partial charge in [0, 0.05) is 23.4 Å². The van der Waals surface area contributed by atoms with E-state index in [1.54, 1.807) is 42.5 Å². The van der Waals surface area contributed by atoms with Crippen molar-refractivity contribution in [1.82, 2.24) is 9.97 Å². The number of nitrogens with zero attached hydrogens (tertiary/aromatic N) is 2. The predicted molar refractivity (Wildman–Crippen MR) is 124 cm³/mol. The molecule has 4 rings (SSSR count). The first-order valence-corrected chi connectivity index (χ1v) is 11.3. The number of H-pyrrole nitrogens is 1. The normalized spacial score (nSPS) is 11.2. The Kier molecular flexibility index (Phi) is 5.76. The molecule has 0 saturated carbocycles. The lowest BCUT2D eigenvalue weighted by Crippen LogP contribution is -2.13. The molecule has 3 aromatic carbocycles. The number of nitro groups is 1. The maximum absolute atomic E-state index is 12.6. The van der Waals surface area contributed by atoms with Crippen LogP contribution in [0.15, 0.2) is 88.6 Å². The summed E-state index contributed by atoms with van der Waals surface area (Å²) in [6.07, 6.45) is 0. The van der Waals surface area contributed by atoms with E-state index >= 15 is 0 Å². The minimum absolute atomic E-state index is 0.0564. The average molecular weight is 462 g/mol. The Morgan fingerprint density at radius 2 is 1.52 bits per heavy atom. The highest BCUT2D eigenvalue weighted by molar-refractivity contribution is 7.92. The molecular formula is C23H18N4O5S. The summed E-state index contributed by atoms with van der Waals surface area (Å²) >= 11 is 0. The van der Waals surface area contributed by atoms with E-state index in [9.17, 15) is 23.3 Å². The van der Waals surface area contributed by atoms with E-state index in [2.05, 4.69) is 14.7 Å². The van der Waals surface area contributed by atoms with Gasteiger partial charge in [0.25, 0.3) is 15.7 Å². The molecule has 2 N–H and O–H groups in total. The van der Waals surface area contributed by atoms with Crippen LogP contribution >= 0.6 is 0 Å². The molecule has 9 nitrogen and oxygen atoms in total. The Morgan fingerprint density at radius 1 is 0.909 bits per heavy atom. The molecule has 33 heavy (non-hydrogen) atoms. The zero-order valence-corrected chi connectivity index (χ0v) is 18.2. The molecule has 1 heterocycles. The number of hydrogen-bond acceptors (Lipinski definition) is 6. The molecule has 0 aliphatic rings. The van der Waals surface area contributed by atoms with Gasteiger partial charge in [-0.15, -0.1) is 0 Å². The van der Waals surface area contributed by atoms with Gasteiger partial charge in [-0.1, -0.05) is 29.8 Å². The van der Waals surface area contributed by atoms with Crippen molar-refractivity contribution in [2.75, 3.05) is 4.72 Å². The van der Waals surface area contributed by atoms with E-state index in [1.165, 1.54) is 36.4 Å². The number of nitrogens with one attached hydrogen (secondary N) is 2. The molecule has 0 bridgehead atoms. The fourth-order valence-electron chi connectivity index (χ4n) is 3.16. The van der Waals surface area contributed by atoms with Crippen LogP contribution in [0.25, 0.3) is 22.5 Å². The molecule has 0 saturated heterocycles. The van der Waals surface area contributed by atoms with E-state index in [0.29, 0.717) is 28.2 Å². The fourth-order valence-corrected chi connectivity index (χ4v) is 4.22. The van der Waals surface area contributed by atoms with Crippen LogP contribution < -0.4 is 10.4 Å². The highest BCUT2D eigenvalue weighted by Crippen LogP contribution is 2.25. The molecule has 0 spiro atoms. The van der Waals surface area contributed by atoms with Gasteiger partial charge >= 0.3 is 5.69 Å². The lowest BCUT2D eigenvalue weighted by molar-refractivity contribution is -0.384. The quantitative estimate of drug-likeness (QED) is 0.327. The van der Waals surface area contributed by atoms with Crippen LogP contribution in [0.2, 0.25) is 0 Å². The van der Waals surface area contributed by atoms with E-state index in [4.69, 9.17) is 0 Å². The van der Waals surface area contributed by atoms with E-state index in [-0.39, 0.29) is 10.6 Å². The van der Waals surface area contributed by atoms with Crippen molar-refractivity contribution < 1.29 is 13.3 Å². The standard InChI is InChI=1S/C23H18N4O5S/c1-15-2-12-20(13-3-15)33(31,32)26-18-8-4-16(5-9-18)21-14-22(25-23(28)24-21)17-6-10-19(11-7-17)27(29)30/h2-14,26H,1H3,(H,24,25,28). The van der Waals surface area contributed by atoms with Gasteiger partial charge in [-0.3, -0.25) is 14.8 Å². The molecule has 1 aromatic heterocycles. The van der Waals surface area contributed by atoms with Gasteiger partial charge in [0.2, 0.25) is 0 Å². The molecule has 0 amide bonds. The van der Waals surface area contributed by atoms with Crippen LogP contribution in [-0.2, 0) is 10.0 Å². The Morgan fingerprint density at radius 3 is 2.12 bits per heavy atom. The summed E-state index contributed by atoms with van der Waals surface area (Å²) in [6, 6.07) is 20.4. The Bertz CT molecular complexity index is 1480. The highest BCUT2D eigenvalue weighted by Gasteiger charge is 2.14. The Balaban J connectivity index is 1.59. The van der Waals surface area contributed by atoms with Crippen LogP contribution in [0.5, 0.6) is 0 Å². The van der Waals surface area contributed by atoms with Crippen molar-refractivity contribution in [3.05, 3.63) is 105 Å². The first kappa shape index (κ1) is 21.9. The van der Waals surface area contributed by atoms with Crippen molar-refractivity contribution in [2.24, 2.45) is 0 Å². The van der Waals surface area contributed by atoms with E-state index in [1.807, 2.05) is 6.92 Å². The third kappa shape index (κ3) is 4.96. The summed E-state index contributed by atoms with van der Waals surface area (Å²) in [5, 5.41) is 10.8. The topological polar surface area (TPSA) is 135 Å². The Labute approximate surface area is 189 Å². The lowest BCUT2D eigenvalue weighted by Gasteiger charge is -2.09. The summed E-state index contributed by atoms with van der Waals surface area (Å²) in [6.45, 7) is 1.87. The largest absolute Gasteiger partial charge is 0.345 e. The number of rotatable bonds is 6. The monoisotopic (exact) mass is 462 g/mol. The number of anilines is 1. The number of non-ortho nitro benzene ring substituents is 1. The van der Waals surface area contributed by atoms with Crippen molar-refractivity contribution in [2.45, 2.75) is 11.8 Å². The molecule has 0 aliphatic heterocycles. The summed E-state index contributed by atoms with van der Waals surface area (Å²) in [4.78, 5) is 29.2. The maximum Gasteiger partial charge on any atom is 0.345 e. The molecule has 0 fully saturated rings. The van der Waals surface area contributed by atoms with Crippen molar-refractivity contribution >= 4 is 21.4 Å². The van der Waals surface area contributed by atoms with Crippen LogP contribution in [0.1, 0.15) is 5.56 Å². The molecule has 0 unspecified atom stereocenters. The summed E-state index contributed by atoms with van der Waals surface area (Å²) in [5.74, 6) is 0. The second-order valence-corrected chi connectivity index (χ2v) is 8.97. The van der Waals surface area contributed by atoms with E-state index in [0.717, 1.165) is 5.56 Å². The van der Waals surface area contributed by atoms with Crippen LogP contribution in [-0.4, -0.2) is 23.3 Å². The van der Waals surface area contributed by atoms with Gasteiger partial charge in [0.1, 0.15) is 0 Å². The molecule has 0 radical (unpaired) electrons. The molecule has 10 heteroatoms. The maximum atomic E-state index is 12.6. The molecule has 0 atom stereocenters. The van der Waals surface area contributed by atoms with Gasteiger partial charge in [-0.05, 0) is 55.0 Å². The summed E-state index contributed by atoms with van der Waals surface area (Å²) < 4.78 is 27.7. The van der Waals surface area contributed by atoms with Crippen molar-refractivity contribution in [3.8, 4) is 22.5 Å². The zero-order chi connectivity index (χ0) is 23.6. The number of sulfonamides is 1. The number of aryl methyl sites for hydroxylation is 1. The van der Waals surface area contributed by atoms with Gasteiger partial charge in [0.15, 0.2) is 0 Å². The van der Waals surface area contributed by atoms with Gasteiger partial charge in [-0.2, -0.15) is 4.98 Å². The molecule has 0 aliphatic carbocycles. The molecule has 166 valence electrons. The number of aromatic nitrogens is 2. The smallest absolute Gasteiger partial charge is 0.305 e. The third-order valence-corrected chi connectivity index (χ3v) is 6.30. The summed E-state index contributed by atoms with van der Waals surface area (Å²) in [7, 11) is -3.74. The second-order valence-electron chi connectivity index (χ2n) is 7.29. The fraction of sp³-hybridized carbons (Fsp3) is 0.0435. The van der Waals surface area contributed by atoms with Crippen molar-refractivity contribution in [1.29, 1.82) is 0 Å². The summed E-state index contributed by atoms with van der Waals surface area (Å²) in [5.41, 5.74) is 2.69. The molecule has 4 aromatic rings. The van der Waals surface area contributed by atoms with Gasteiger partial charge < -0.3 is 4.98 Å². The predicted octanol–water partition coefficient (Wildman–Crippen LogP) is 4.12. The minimum Gasteiger partial charge on any atom is -0.305 e. The highest BCUT2D eigenvalue weighted by atomic mass is 32.2. The minimum atomic E-state index is -3.74. The van der Waals surface area contributed by atoms with E-state index < -0.39 is 20.6 Å². The van der Waals surface area contributed by atoms with Crippen LogP contribution in [0.4, 0.5) is 11.4 Å². The molecular weight excluding hydrogens is 444 g/mol. The second kappa shape index (κ2) is 8.67. The van der Waals surface area contributed by atoms with Crippen LogP contribution in [0, 0.1) is 17.0 Å². The van der Waals surface area contributed by atoms with Crippen LogP contribution in [0.3, 0.4) is 0 Å². The van der Waals surface area contributed by atoms with Gasteiger partial charge in [-0.25, -0.2) is 13.2 Å². The SMILES string of the molecule is Cc1ccc(S(=O)(=O)Nc2ccc(-c3cc(-c4ccc([N+](=O)[O-])cc4)[nH]c(=O)n3)cc2)cc1.